The van der Waals surface area contributed by atoms with Gasteiger partial charge in [-0.15, -0.1) is 0 Å². The number of anilines is 2. The van der Waals surface area contributed by atoms with Crippen LogP contribution in [0.1, 0.15) is 37.3 Å². The normalized spacial score (nSPS) is 23.9. The van der Waals surface area contributed by atoms with Gasteiger partial charge in [0.1, 0.15) is 40.9 Å². The number of aromatic nitrogens is 3. The summed E-state index contributed by atoms with van der Waals surface area (Å²) < 4.78 is 99.9. The molecular formula is C29H33F6N7O2. The molecule has 238 valence electrons. The molecule has 0 saturated carbocycles. The lowest BCUT2D eigenvalue weighted by Crippen LogP contribution is -2.56. The number of nitrogens with one attached hydrogen (secondary N) is 1. The van der Waals surface area contributed by atoms with Gasteiger partial charge in [0.25, 0.3) is 0 Å². The van der Waals surface area contributed by atoms with Gasteiger partial charge in [-0.05, 0) is 58.3 Å². The van der Waals surface area contributed by atoms with Gasteiger partial charge in [-0.3, -0.25) is 9.29 Å². The van der Waals surface area contributed by atoms with Gasteiger partial charge in [0.15, 0.2) is 5.82 Å². The van der Waals surface area contributed by atoms with Crippen LogP contribution in [0, 0.1) is 18.6 Å². The highest BCUT2D eigenvalue weighted by Gasteiger charge is 2.42. The summed E-state index contributed by atoms with van der Waals surface area (Å²) in [6.07, 6.45) is -3.87. The minimum Gasteiger partial charge on any atom is -0.472 e. The predicted molar refractivity (Wildman–Crippen MR) is 152 cm³/mol. The quantitative estimate of drug-likeness (QED) is 0.300. The van der Waals surface area contributed by atoms with E-state index >= 15 is 4.39 Å². The zero-order chi connectivity index (χ0) is 31.6. The average molecular weight is 626 g/mol. The third-order valence-electron chi connectivity index (χ3n) is 9.15. The molecule has 0 aliphatic carbocycles. The lowest BCUT2D eigenvalue weighted by atomic mass is 9.94. The van der Waals surface area contributed by atoms with Crippen LogP contribution in [-0.2, 0) is 6.18 Å². The maximum Gasteiger partial charge on any atom is 0.417 e. The van der Waals surface area contributed by atoms with Gasteiger partial charge in [0, 0.05) is 25.2 Å². The maximum absolute atomic E-state index is 16.6. The molecule has 0 radical (unpaired) electrons. The molecule has 2 aromatic heterocycles. The van der Waals surface area contributed by atoms with Crippen LogP contribution in [0.5, 0.6) is 11.9 Å². The Morgan fingerprint density at radius 2 is 1.95 bits per heavy atom. The van der Waals surface area contributed by atoms with Gasteiger partial charge in [-0.2, -0.15) is 23.1 Å². The van der Waals surface area contributed by atoms with Crippen molar-refractivity contribution in [3.05, 3.63) is 28.8 Å². The summed E-state index contributed by atoms with van der Waals surface area (Å²) in [7, 11) is 1.88. The minimum atomic E-state index is -5.06. The molecule has 3 N–H and O–H groups in total. The van der Waals surface area contributed by atoms with Gasteiger partial charge in [0.2, 0.25) is 5.88 Å². The van der Waals surface area contributed by atoms with Crippen molar-refractivity contribution in [2.75, 3.05) is 57.1 Å². The fourth-order valence-electron chi connectivity index (χ4n) is 6.69. The van der Waals surface area contributed by atoms with Crippen molar-refractivity contribution in [2.24, 2.45) is 0 Å². The lowest BCUT2D eigenvalue weighted by molar-refractivity contribution is -0.137. The molecule has 3 aliphatic heterocycles. The van der Waals surface area contributed by atoms with Crippen LogP contribution in [0.3, 0.4) is 0 Å². The van der Waals surface area contributed by atoms with E-state index in [1.165, 1.54) is 0 Å². The molecule has 3 aromatic rings. The number of pyridine rings is 1. The number of alkyl halides is 4. The lowest BCUT2D eigenvalue weighted by Gasteiger charge is -2.38. The van der Waals surface area contributed by atoms with Crippen LogP contribution < -0.4 is 25.4 Å². The third kappa shape index (κ3) is 4.93. The molecule has 0 spiro atoms. The fraction of sp³-hybridized carbons (Fsp3) is 0.552. The fourth-order valence-corrected chi connectivity index (χ4v) is 6.69. The molecule has 6 rings (SSSR count). The number of rotatable bonds is 6. The number of benzene rings is 1. The molecule has 0 bridgehead atoms. The summed E-state index contributed by atoms with van der Waals surface area (Å²) in [6, 6.07) is 0.216. The Morgan fingerprint density at radius 3 is 2.64 bits per heavy atom. The summed E-state index contributed by atoms with van der Waals surface area (Å²) in [5.41, 5.74) is 0.444. The van der Waals surface area contributed by atoms with E-state index in [0.29, 0.717) is 26.1 Å². The molecule has 3 atom stereocenters. The monoisotopic (exact) mass is 625 g/mol. The number of fused-ring (bicyclic) bond motifs is 2. The Morgan fingerprint density at radius 1 is 1.18 bits per heavy atom. The highest BCUT2D eigenvalue weighted by atomic mass is 19.4. The van der Waals surface area contributed by atoms with Gasteiger partial charge >= 0.3 is 12.2 Å². The number of ether oxygens (including phenoxy) is 2. The standard InChI is InChI=1S/C29H33F6N7O2/c1-14-20(29(33,34)35)16(11-17(36)21(14)31)23-22(32)24-19-25(42-10-8-37-12-18(42)15(2)44-26(19)38-23)40-27(39-24)43-13-28(6-7-30)5-4-9-41(28)3/h11,15,18,37H,4-10,12-13,36H2,1-3H3/t15-,18-,28-/m0/s1. The molecule has 0 unspecified atom stereocenters. The highest BCUT2D eigenvalue weighted by Crippen LogP contribution is 2.46. The number of nitrogens with zero attached hydrogens (tertiary/aromatic N) is 5. The first-order valence-corrected chi connectivity index (χ1v) is 14.5. The summed E-state index contributed by atoms with van der Waals surface area (Å²) >= 11 is 0. The Hall–Kier alpha value is -3.59. The van der Waals surface area contributed by atoms with Crippen LogP contribution in [0.15, 0.2) is 6.07 Å². The van der Waals surface area contributed by atoms with Crippen molar-refractivity contribution >= 4 is 22.4 Å². The second kappa shape index (κ2) is 11.1. The van der Waals surface area contributed by atoms with Crippen LogP contribution in [-0.4, -0.2) is 84.0 Å². The van der Waals surface area contributed by atoms with Crippen LogP contribution in [0.25, 0.3) is 22.2 Å². The third-order valence-corrected chi connectivity index (χ3v) is 9.15. The van der Waals surface area contributed by atoms with E-state index in [0.717, 1.165) is 26.0 Å². The number of nitrogen functional groups attached to an aromatic ring is 1. The van der Waals surface area contributed by atoms with E-state index in [-0.39, 0.29) is 47.7 Å². The predicted octanol–water partition coefficient (Wildman–Crippen LogP) is 4.64. The number of likely N-dealkylation sites (N-methyl/N-ethyl adjacent to an activating group) is 1. The summed E-state index contributed by atoms with van der Waals surface area (Å²) in [5.74, 6) is -2.36. The smallest absolute Gasteiger partial charge is 0.417 e. The Labute approximate surface area is 249 Å². The number of halogens is 6. The molecule has 15 heteroatoms. The van der Waals surface area contributed by atoms with E-state index in [1.54, 1.807) is 6.92 Å². The molecule has 5 heterocycles. The second-order valence-corrected chi connectivity index (χ2v) is 11.7. The summed E-state index contributed by atoms with van der Waals surface area (Å²) in [4.78, 5) is 17.2. The van der Waals surface area contributed by atoms with Crippen molar-refractivity contribution in [3.8, 4) is 23.1 Å². The zero-order valence-electron chi connectivity index (χ0n) is 24.5. The zero-order valence-corrected chi connectivity index (χ0v) is 24.5. The van der Waals surface area contributed by atoms with Crippen LogP contribution in [0.4, 0.5) is 37.8 Å². The largest absolute Gasteiger partial charge is 0.472 e. The van der Waals surface area contributed by atoms with Gasteiger partial charge in [-0.1, -0.05) is 0 Å². The molecule has 1 aromatic carbocycles. The number of likely N-dealkylation sites (tertiary alicyclic amines) is 1. The second-order valence-electron chi connectivity index (χ2n) is 11.7. The maximum atomic E-state index is 16.6. The van der Waals surface area contributed by atoms with Crippen molar-refractivity contribution in [3.63, 3.8) is 0 Å². The average Bonchev–Trinajstić information content (AvgIpc) is 3.28. The van der Waals surface area contributed by atoms with Gasteiger partial charge in [-0.25, -0.2) is 13.8 Å². The van der Waals surface area contributed by atoms with Crippen LogP contribution in [0.2, 0.25) is 0 Å². The van der Waals surface area contributed by atoms with E-state index < -0.39 is 64.2 Å². The number of hydrogen-bond donors (Lipinski definition) is 2. The van der Waals surface area contributed by atoms with Crippen molar-refractivity contribution in [2.45, 2.75) is 57.0 Å². The minimum absolute atomic E-state index is 0.0224. The molecule has 0 amide bonds. The molecular weight excluding hydrogens is 592 g/mol. The van der Waals surface area contributed by atoms with Crippen molar-refractivity contribution in [1.29, 1.82) is 0 Å². The van der Waals surface area contributed by atoms with E-state index in [2.05, 4.69) is 20.3 Å². The molecule has 2 saturated heterocycles. The van der Waals surface area contributed by atoms with Gasteiger partial charge in [0.05, 0.1) is 29.5 Å². The number of piperazine rings is 1. The number of nitrogens with two attached hydrogens (primary N) is 1. The molecule has 2 fully saturated rings. The van der Waals surface area contributed by atoms with E-state index in [4.69, 9.17) is 15.2 Å². The first-order chi connectivity index (χ1) is 20.9. The molecule has 9 nitrogen and oxygen atoms in total. The number of hydrogen-bond acceptors (Lipinski definition) is 9. The van der Waals surface area contributed by atoms with Crippen molar-refractivity contribution < 1.29 is 35.8 Å². The summed E-state index contributed by atoms with van der Waals surface area (Å²) in [5, 5.41) is 3.36. The summed E-state index contributed by atoms with van der Waals surface area (Å²) in [6.45, 7) is 4.44. The Bertz CT molecular complexity index is 1610. The van der Waals surface area contributed by atoms with Gasteiger partial charge < -0.3 is 25.4 Å². The topological polar surface area (TPSA) is 102 Å². The first-order valence-electron chi connectivity index (χ1n) is 14.5. The van der Waals surface area contributed by atoms with E-state index in [9.17, 15) is 22.0 Å². The van der Waals surface area contributed by atoms with Crippen molar-refractivity contribution in [1.82, 2.24) is 25.2 Å². The highest BCUT2D eigenvalue weighted by molar-refractivity contribution is 5.97. The molecule has 3 aliphatic rings. The van der Waals surface area contributed by atoms with E-state index in [1.807, 2.05) is 16.8 Å². The molecule has 44 heavy (non-hydrogen) atoms. The Kier molecular flexibility index (Phi) is 7.67. The SMILES string of the molecule is Cc1c(F)c(N)cc(-c2nc3c4c(nc(OC[C@@]5(CCF)CCCN5C)nc4c2F)N2CCNC[C@H]2[C@H](C)O3)c1C(F)(F)F. The first kappa shape index (κ1) is 30.4. The van der Waals surface area contributed by atoms with Crippen LogP contribution >= 0.6 is 0 Å². The Balaban J connectivity index is 1.58.